The van der Waals surface area contributed by atoms with Crippen molar-refractivity contribution in [2.45, 2.75) is 0 Å². The molecule has 0 aliphatic heterocycles. The van der Waals surface area contributed by atoms with E-state index in [-0.39, 0.29) is 11.4 Å². The standard InChI is InChI=1S/C10H7NO3/c12-8-5-4-6-2-1-3-7(10(13)14)9(6)11-8/h1-5H,(H,11,12)(H,13,14). The van der Waals surface area contributed by atoms with Gasteiger partial charge in [-0.3, -0.25) is 0 Å². The summed E-state index contributed by atoms with van der Waals surface area (Å²) >= 11 is 0. The van der Waals surface area contributed by atoms with Crippen molar-refractivity contribution < 1.29 is 15.0 Å². The lowest BCUT2D eigenvalue weighted by atomic mass is 10.1. The van der Waals surface area contributed by atoms with E-state index in [0.717, 1.165) is 0 Å². The van der Waals surface area contributed by atoms with Crippen LogP contribution in [0.4, 0.5) is 0 Å². The van der Waals surface area contributed by atoms with Crippen LogP contribution in [0.2, 0.25) is 0 Å². The highest BCUT2D eigenvalue weighted by Crippen LogP contribution is 2.19. The Labute approximate surface area is 79.4 Å². The molecule has 0 fully saturated rings. The molecule has 0 spiro atoms. The maximum atomic E-state index is 10.8. The average molecular weight is 189 g/mol. The van der Waals surface area contributed by atoms with Gasteiger partial charge in [0.15, 0.2) is 0 Å². The van der Waals surface area contributed by atoms with Gasteiger partial charge in [0, 0.05) is 11.5 Å². The number of carboxylic acids is 1. The second-order valence-corrected chi connectivity index (χ2v) is 2.85. The average Bonchev–Trinajstić information content (AvgIpc) is 2.16. The topological polar surface area (TPSA) is 70.4 Å². The number of rotatable bonds is 1. The number of nitrogens with zero attached hydrogens (tertiary/aromatic N) is 1. The van der Waals surface area contributed by atoms with Gasteiger partial charge in [-0.2, -0.15) is 0 Å². The zero-order valence-electron chi connectivity index (χ0n) is 7.14. The van der Waals surface area contributed by atoms with Crippen LogP contribution in [-0.4, -0.2) is 21.2 Å². The molecule has 0 saturated carbocycles. The number of aromatic hydroxyl groups is 1. The highest BCUT2D eigenvalue weighted by atomic mass is 16.4. The van der Waals surface area contributed by atoms with Crippen molar-refractivity contribution in [3.8, 4) is 5.88 Å². The summed E-state index contributed by atoms with van der Waals surface area (Å²) in [4.78, 5) is 14.6. The van der Waals surface area contributed by atoms with Crippen LogP contribution in [0.5, 0.6) is 5.88 Å². The van der Waals surface area contributed by atoms with Crippen LogP contribution in [0, 0.1) is 0 Å². The van der Waals surface area contributed by atoms with Gasteiger partial charge >= 0.3 is 5.97 Å². The number of carbonyl (C=O) groups is 1. The van der Waals surface area contributed by atoms with E-state index in [9.17, 15) is 4.79 Å². The monoisotopic (exact) mass is 189 g/mol. The molecular weight excluding hydrogens is 182 g/mol. The van der Waals surface area contributed by atoms with Gasteiger partial charge in [-0.1, -0.05) is 12.1 Å². The molecule has 0 aliphatic rings. The number of carboxylic acid groups (broad SMARTS) is 1. The fourth-order valence-electron chi connectivity index (χ4n) is 1.31. The van der Waals surface area contributed by atoms with E-state index in [4.69, 9.17) is 10.2 Å². The summed E-state index contributed by atoms with van der Waals surface area (Å²) in [7, 11) is 0. The number of hydrogen-bond donors (Lipinski definition) is 2. The SMILES string of the molecule is O=C(O)c1cccc2ccc(O)nc12. The van der Waals surface area contributed by atoms with Gasteiger partial charge in [0.2, 0.25) is 5.88 Å². The van der Waals surface area contributed by atoms with Crippen molar-refractivity contribution in [2.24, 2.45) is 0 Å². The van der Waals surface area contributed by atoms with Crippen molar-refractivity contribution in [3.05, 3.63) is 35.9 Å². The summed E-state index contributed by atoms with van der Waals surface area (Å²) in [5.74, 6) is -1.22. The molecule has 14 heavy (non-hydrogen) atoms. The molecule has 1 aromatic heterocycles. The minimum Gasteiger partial charge on any atom is -0.493 e. The number of para-hydroxylation sites is 1. The predicted octanol–water partition coefficient (Wildman–Crippen LogP) is 1.64. The Morgan fingerprint density at radius 2 is 2.00 bits per heavy atom. The minimum absolute atomic E-state index is 0.0957. The third kappa shape index (κ3) is 1.26. The minimum atomic E-state index is -1.05. The molecule has 0 radical (unpaired) electrons. The first-order chi connectivity index (χ1) is 6.68. The molecule has 0 amide bonds. The molecule has 0 aliphatic carbocycles. The van der Waals surface area contributed by atoms with E-state index < -0.39 is 5.97 Å². The van der Waals surface area contributed by atoms with Gasteiger partial charge in [-0.05, 0) is 12.1 Å². The van der Waals surface area contributed by atoms with Crippen LogP contribution < -0.4 is 0 Å². The summed E-state index contributed by atoms with van der Waals surface area (Å²) in [6.07, 6.45) is 0. The quantitative estimate of drug-likeness (QED) is 0.715. The van der Waals surface area contributed by atoms with E-state index in [1.807, 2.05) is 0 Å². The van der Waals surface area contributed by atoms with Crippen molar-refractivity contribution in [3.63, 3.8) is 0 Å². The third-order valence-electron chi connectivity index (χ3n) is 1.94. The summed E-state index contributed by atoms with van der Waals surface area (Å²) in [5.41, 5.74) is 0.401. The molecule has 0 unspecified atom stereocenters. The predicted molar refractivity (Wildman–Crippen MR) is 50.4 cm³/mol. The van der Waals surface area contributed by atoms with Gasteiger partial charge in [0.1, 0.15) is 0 Å². The molecule has 0 atom stereocenters. The highest BCUT2D eigenvalue weighted by molar-refractivity contribution is 6.01. The summed E-state index contributed by atoms with van der Waals surface area (Å²) < 4.78 is 0. The molecule has 2 rings (SSSR count). The van der Waals surface area contributed by atoms with E-state index in [0.29, 0.717) is 10.9 Å². The first-order valence-corrected chi connectivity index (χ1v) is 4.00. The zero-order valence-corrected chi connectivity index (χ0v) is 7.14. The van der Waals surface area contributed by atoms with Crippen LogP contribution in [0.25, 0.3) is 10.9 Å². The van der Waals surface area contributed by atoms with Gasteiger partial charge in [0.05, 0.1) is 11.1 Å². The Morgan fingerprint density at radius 1 is 1.21 bits per heavy atom. The fourth-order valence-corrected chi connectivity index (χ4v) is 1.31. The number of pyridine rings is 1. The molecule has 4 heteroatoms. The molecule has 4 nitrogen and oxygen atoms in total. The van der Waals surface area contributed by atoms with E-state index in [1.54, 1.807) is 18.2 Å². The number of aromatic nitrogens is 1. The van der Waals surface area contributed by atoms with Crippen LogP contribution in [0.15, 0.2) is 30.3 Å². The fraction of sp³-hybridized carbons (Fsp3) is 0. The van der Waals surface area contributed by atoms with Crippen molar-refractivity contribution in [2.75, 3.05) is 0 Å². The van der Waals surface area contributed by atoms with Crippen LogP contribution in [0.3, 0.4) is 0 Å². The Bertz CT molecular complexity index is 508. The Morgan fingerprint density at radius 3 is 2.71 bits per heavy atom. The van der Waals surface area contributed by atoms with Crippen molar-refractivity contribution >= 4 is 16.9 Å². The molecule has 2 aromatic rings. The largest absolute Gasteiger partial charge is 0.493 e. The van der Waals surface area contributed by atoms with E-state index >= 15 is 0 Å². The first kappa shape index (κ1) is 8.50. The maximum absolute atomic E-state index is 10.8. The number of hydrogen-bond acceptors (Lipinski definition) is 3. The molecule has 70 valence electrons. The normalized spacial score (nSPS) is 10.3. The molecule has 0 bridgehead atoms. The Hall–Kier alpha value is -2.10. The van der Waals surface area contributed by atoms with E-state index in [2.05, 4.69) is 4.98 Å². The van der Waals surface area contributed by atoms with Gasteiger partial charge in [-0.15, -0.1) is 0 Å². The molecule has 0 saturated heterocycles. The number of fused-ring (bicyclic) bond motifs is 1. The molecule has 2 N–H and O–H groups in total. The third-order valence-corrected chi connectivity index (χ3v) is 1.94. The van der Waals surface area contributed by atoms with Gasteiger partial charge < -0.3 is 10.2 Å². The Balaban J connectivity index is 2.84. The van der Waals surface area contributed by atoms with Crippen LogP contribution >= 0.6 is 0 Å². The lowest BCUT2D eigenvalue weighted by molar-refractivity contribution is 0.0699. The first-order valence-electron chi connectivity index (χ1n) is 4.00. The Kier molecular flexibility index (Phi) is 1.81. The van der Waals surface area contributed by atoms with Crippen LogP contribution in [-0.2, 0) is 0 Å². The number of aromatic carboxylic acids is 1. The summed E-state index contributed by atoms with van der Waals surface area (Å²) in [6, 6.07) is 7.90. The smallest absolute Gasteiger partial charge is 0.337 e. The molecule has 1 aromatic carbocycles. The highest BCUT2D eigenvalue weighted by Gasteiger charge is 2.09. The zero-order chi connectivity index (χ0) is 10.1. The summed E-state index contributed by atoms with van der Waals surface area (Å²) in [5, 5.41) is 18.7. The second-order valence-electron chi connectivity index (χ2n) is 2.85. The van der Waals surface area contributed by atoms with E-state index in [1.165, 1.54) is 12.1 Å². The molecular formula is C10H7NO3. The van der Waals surface area contributed by atoms with Gasteiger partial charge in [0.25, 0.3) is 0 Å². The maximum Gasteiger partial charge on any atom is 0.337 e. The number of benzene rings is 1. The van der Waals surface area contributed by atoms with Crippen molar-refractivity contribution in [1.82, 2.24) is 4.98 Å². The van der Waals surface area contributed by atoms with Crippen molar-refractivity contribution in [1.29, 1.82) is 0 Å². The second kappa shape index (κ2) is 2.99. The lowest BCUT2D eigenvalue weighted by Gasteiger charge is -2.01. The molecule has 1 heterocycles. The summed E-state index contributed by atoms with van der Waals surface area (Å²) in [6.45, 7) is 0. The van der Waals surface area contributed by atoms with Crippen LogP contribution in [0.1, 0.15) is 10.4 Å². The lowest BCUT2D eigenvalue weighted by Crippen LogP contribution is -1.98. The van der Waals surface area contributed by atoms with Gasteiger partial charge in [-0.25, -0.2) is 9.78 Å².